The number of nitrogens with zero attached hydrogens (tertiary/aromatic N) is 5. The molecule has 152 valence electrons. The van der Waals surface area contributed by atoms with Gasteiger partial charge >= 0.3 is 0 Å². The molecular formula is C21H25N5O3. The van der Waals surface area contributed by atoms with Crippen molar-refractivity contribution in [3.63, 3.8) is 0 Å². The smallest absolute Gasteiger partial charge is 0.289 e. The number of hydrogen-bond donors (Lipinski definition) is 0. The van der Waals surface area contributed by atoms with Crippen LogP contribution in [-0.2, 0) is 13.6 Å². The third kappa shape index (κ3) is 3.75. The highest BCUT2D eigenvalue weighted by Crippen LogP contribution is 2.19. The Kier molecular flexibility index (Phi) is 5.10. The molecule has 0 saturated carbocycles. The minimum atomic E-state index is -0.0598. The van der Waals surface area contributed by atoms with Crippen LogP contribution in [0.25, 0.3) is 11.0 Å². The lowest BCUT2D eigenvalue weighted by Gasteiger charge is -2.34. The maximum atomic E-state index is 12.4. The number of piperazine rings is 1. The lowest BCUT2D eigenvalue weighted by atomic mass is 10.2. The normalized spacial score (nSPS) is 15.1. The van der Waals surface area contributed by atoms with E-state index in [-0.39, 0.29) is 11.8 Å². The van der Waals surface area contributed by atoms with E-state index >= 15 is 0 Å². The summed E-state index contributed by atoms with van der Waals surface area (Å²) in [4.78, 5) is 35.0. The molecule has 1 aromatic carbocycles. The van der Waals surface area contributed by atoms with E-state index in [0.29, 0.717) is 31.0 Å². The SMILES string of the molecule is CN(C)C(=O)c1ccc2c(c1)nc(CN1CCN(C(=O)c3ccco3)CC1)n2C. The monoisotopic (exact) mass is 395 g/mol. The van der Waals surface area contributed by atoms with Crippen LogP contribution in [-0.4, -0.2) is 76.3 Å². The molecule has 0 radical (unpaired) electrons. The third-order valence-corrected chi connectivity index (χ3v) is 5.38. The standard InChI is InChI=1S/C21H25N5O3/c1-23(2)20(27)15-6-7-17-16(13-15)22-19(24(17)3)14-25-8-10-26(11-9-25)21(28)18-5-4-12-29-18/h4-7,12-13H,8-11,14H2,1-3H3. The van der Waals surface area contributed by atoms with Gasteiger partial charge in [-0.15, -0.1) is 0 Å². The number of imidazole rings is 1. The number of carbonyl (C=O) groups excluding carboxylic acids is 2. The number of aromatic nitrogens is 2. The van der Waals surface area contributed by atoms with E-state index in [1.165, 1.54) is 6.26 Å². The summed E-state index contributed by atoms with van der Waals surface area (Å²) < 4.78 is 7.29. The Morgan fingerprint density at radius 2 is 1.90 bits per heavy atom. The highest BCUT2D eigenvalue weighted by molar-refractivity contribution is 5.97. The van der Waals surface area contributed by atoms with Crippen molar-refractivity contribution in [2.75, 3.05) is 40.3 Å². The second-order valence-corrected chi connectivity index (χ2v) is 7.54. The van der Waals surface area contributed by atoms with Crippen LogP contribution in [0.3, 0.4) is 0 Å². The second kappa shape index (κ2) is 7.71. The van der Waals surface area contributed by atoms with Crippen molar-refractivity contribution < 1.29 is 14.0 Å². The van der Waals surface area contributed by atoms with Gasteiger partial charge in [-0.25, -0.2) is 4.98 Å². The van der Waals surface area contributed by atoms with E-state index in [1.54, 1.807) is 31.1 Å². The molecule has 3 heterocycles. The minimum absolute atomic E-state index is 0.0311. The number of benzene rings is 1. The van der Waals surface area contributed by atoms with Gasteiger partial charge < -0.3 is 18.8 Å². The molecule has 0 aliphatic carbocycles. The highest BCUT2D eigenvalue weighted by Gasteiger charge is 2.24. The second-order valence-electron chi connectivity index (χ2n) is 7.54. The molecule has 1 saturated heterocycles. The van der Waals surface area contributed by atoms with E-state index in [2.05, 4.69) is 9.47 Å². The molecule has 2 amide bonds. The molecule has 0 N–H and O–H groups in total. The van der Waals surface area contributed by atoms with Gasteiger partial charge in [0.2, 0.25) is 0 Å². The van der Waals surface area contributed by atoms with Crippen LogP contribution in [0, 0.1) is 0 Å². The first-order valence-corrected chi connectivity index (χ1v) is 9.66. The van der Waals surface area contributed by atoms with Gasteiger partial charge in [-0.2, -0.15) is 0 Å². The topological polar surface area (TPSA) is 74.8 Å². The molecule has 8 heteroatoms. The van der Waals surface area contributed by atoms with Crippen molar-refractivity contribution in [2.24, 2.45) is 7.05 Å². The molecule has 0 atom stereocenters. The van der Waals surface area contributed by atoms with Crippen LogP contribution in [0.2, 0.25) is 0 Å². The molecule has 8 nitrogen and oxygen atoms in total. The van der Waals surface area contributed by atoms with E-state index in [1.807, 2.05) is 30.1 Å². The van der Waals surface area contributed by atoms with Crippen LogP contribution in [0.1, 0.15) is 26.7 Å². The molecule has 1 aliphatic heterocycles. The summed E-state index contributed by atoms with van der Waals surface area (Å²) in [7, 11) is 5.48. The van der Waals surface area contributed by atoms with Crippen LogP contribution in [0.5, 0.6) is 0 Å². The number of aryl methyl sites for hydroxylation is 1. The Morgan fingerprint density at radius 3 is 2.55 bits per heavy atom. The van der Waals surface area contributed by atoms with Gasteiger partial charge in [0.15, 0.2) is 5.76 Å². The number of hydrogen-bond acceptors (Lipinski definition) is 5. The molecule has 0 bridgehead atoms. The van der Waals surface area contributed by atoms with Crippen molar-refractivity contribution in [3.8, 4) is 0 Å². The molecule has 1 aliphatic rings. The molecule has 29 heavy (non-hydrogen) atoms. The van der Waals surface area contributed by atoms with Crippen molar-refractivity contribution >= 4 is 22.8 Å². The van der Waals surface area contributed by atoms with E-state index in [4.69, 9.17) is 9.40 Å². The van der Waals surface area contributed by atoms with Gasteiger partial charge in [-0.1, -0.05) is 0 Å². The Balaban J connectivity index is 1.44. The third-order valence-electron chi connectivity index (χ3n) is 5.38. The minimum Gasteiger partial charge on any atom is -0.459 e. The molecule has 3 aromatic rings. The van der Waals surface area contributed by atoms with Crippen molar-refractivity contribution in [2.45, 2.75) is 6.54 Å². The van der Waals surface area contributed by atoms with Crippen LogP contribution >= 0.6 is 0 Å². The largest absolute Gasteiger partial charge is 0.459 e. The first kappa shape index (κ1) is 19.2. The summed E-state index contributed by atoms with van der Waals surface area (Å²) in [5.41, 5.74) is 2.46. The van der Waals surface area contributed by atoms with Crippen LogP contribution in [0.15, 0.2) is 41.0 Å². The maximum Gasteiger partial charge on any atom is 0.289 e. The van der Waals surface area contributed by atoms with Crippen LogP contribution < -0.4 is 0 Å². The zero-order valence-electron chi connectivity index (χ0n) is 17.0. The van der Waals surface area contributed by atoms with Gasteiger partial charge in [-0.05, 0) is 30.3 Å². The molecular weight excluding hydrogens is 370 g/mol. The fourth-order valence-corrected chi connectivity index (χ4v) is 3.65. The van der Waals surface area contributed by atoms with E-state index in [0.717, 1.165) is 29.9 Å². The Morgan fingerprint density at radius 1 is 1.14 bits per heavy atom. The summed E-state index contributed by atoms with van der Waals surface area (Å²) in [5, 5.41) is 0. The van der Waals surface area contributed by atoms with Crippen molar-refractivity contribution in [3.05, 3.63) is 53.7 Å². The Labute approximate surface area is 169 Å². The van der Waals surface area contributed by atoms with Gasteiger partial charge in [-0.3, -0.25) is 14.5 Å². The predicted octanol–water partition coefficient (Wildman–Crippen LogP) is 1.83. The number of amides is 2. The predicted molar refractivity (Wildman–Crippen MR) is 109 cm³/mol. The summed E-state index contributed by atoms with van der Waals surface area (Å²) in [6.45, 7) is 3.57. The van der Waals surface area contributed by atoms with Gasteiger partial charge in [0, 0.05) is 52.9 Å². The van der Waals surface area contributed by atoms with Gasteiger partial charge in [0.05, 0.1) is 23.8 Å². The van der Waals surface area contributed by atoms with Crippen molar-refractivity contribution in [1.82, 2.24) is 24.3 Å². The summed E-state index contributed by atoms with van der Waals surface area (Å²) >= 11 is 0. The Bertz CT molecular complexity index is 1030. The average Bonchev–Trinajstić information content (AvgIpc) is 3.36. The molecule has 1 fully saturated rings. The first-order valence-electron chi connectivity index (χ1n) is 9.66. The number of fused-ring (bicyclic) bond motifs is 1. The van der Waals surface area contributed by atoms with Crippen molar-refractivity contribution in [1.29, 1.82) is 0 Å². The lowest BCUT2D eigenvalue weighted by Crippen LogP contribution is -2.48. The fourth-order valence-electron chi connectivity index (χ4n) is 3.65. The first-order chi connectivity index (χ1) is 13.9. The summed E-state index contributed by atoms with van der Waals surface area (Å²) in [6.07, 6.45) is 1.52. The zero-order valence-corrected chi connectivity index (χ0v) is 17.0. The summed E-state index contributed by atoms with van der Waals surface area (Å²) in [6, 6.07) is 9.06. The van der Waals surface area contributed by atoms with E-state index in [9.17, 15) is 9.59 Å². The van der Waals surface area contributed by atoms with Gasteiger partial charge in [0.25, 0.3) is 11.8 Å². The number of carbonyl (C=O) groups is 2. The molecule has 0 spiro atoms. The average molecular weight is 395 g/mol. The quantitative estimate of drug-likeness (QED) is 0.674. The zero-order chi connectivity index (χ0) is 20.5. The maximum absolute atomic E-state index is 12.4. The Hall–Kier alpha value is -3.13. The van der Waals surface area contributed by atoms with Crippen LogP contribution in [0.4, 0.5) is 0 Å². The molecule has 0 unspecified atom stereocenters. The highest BCUT2D eigenvalue weighted by atomic mass is 16.3. The fraction of sp³-hybridized carbons (Fsp3) is 0.381. The molecule has 4 rings (SSSR count). The molecule has 2 aromatic heterocycles. The van der Waals surface area contributed by atoms with E-state index < -0.39 is 0 Å². The van der Waals surface area contributed by atoms with Gasteiger partial charge in [0.1, 0.15) is 5.82 Å². The summed E-state index contributed by atoms with van der Waals surface area (Å²) in [5.74, 6) is 1.24. The lowest BCUT2D eigenvalue weighted by molar-refractivity contribution is 0.0594. The number of rotatable bonds is 4. The number of furan rings is 1.